The van der Waals surface area contributed by atoms with E-state index in [-0.39, 0.29) is 36.6 Å². The number of aliphatic hydroxyl groups is 2. The summed E-state index contributed by atoms with van der Waals surface area (Å²) < 4.78 is 22.7. The van der Waals surface area contributed by atoms with Crippen molar-refractivity contribution in [2.24, 2.45) is 10.8 Å². The van der Waals surface area contributed by atoms with Gasteiger partial charge in [0.15, 0.2) is 12.6 Å². The molecule has 0 aliphatic carbocycles. The van der Waals surface area contributed by atoms with E-state index in [2.05, 4.69) is 0 Å². The van der Waals surface area contributed by atoms with Gasteiger partial charge in [-0.1, -0.05) is 33.1 Å². The van der Waals surface area contributed by atoms with Crippen LogP contribution in [0.5, 0.6) is 0 Å². The zero-order chi connectivity index (χ0) is 18.2. The van der Waals surface area contributed by atoms with Crippen LogP contribution in [0.4, 0.5) is 0 Å². The Hall–Kier alpha value is -0.240. The second-order valence-electron chi connectivity index (χ2n) is 8.39. The second kappa shape index (κ2) is 10.2. The molecule has 0 aromatic carbocycles. The third-order valence-corrected chi connectivity index (χ3v) is 5.11. The molecule has 2 aliphatic heterocycles. The molecule has 0 unspecified atom stereocenters. The van der Waals surface area contributed by atoms with Gasteiger partial charge < -0.3 is 29.2 Å². The third-order valence-electron chi connectivity index (χ3n) is 5.11. The molecule has 2 saturated heterocycles. The van der Waals surface area contributed by atoms with Crippen LogP contribution in [-0.4, -0.2) is 62.4 Å². The van der Waals surface area contributed by atoms with Crippen LogP contribution >= 0.6 is 0 Å². The number of aliphatic hydroxyl groups excluding tert-OH is 2. The smallest absolute Gasteiger partial charge is 0.157 e. The number of hydrogen-bond acceptors (Lipinski definition) is 6. The summed E-state index contributed by atoms with van der Waals surface area (Å²) >= 11 is 0. The van der Waals surface area contributed by atoms with E-state index in [4.69, 9.17) is 18.9 Å². The fourth-order valence-corrected chi connectivity index (χ4v) is 3.02. The summed E-state index contributed by atoms with van der Waals surface area (Å²) in [4.78, 5) is 0. The van der Waals surface area contributed by atoms with Crippen molar-refractivity contribution in [3.63, 3.8) is 0 Å². The quantitative estimate of drug-likeness (QED) is 0.583. The molecule has 2 aliphatic rings. The minimum Gasteiger partial charge on any atom is -0.396 e. The molecule has 2 N–H and O–H groups in total. The first-order chi connectivity index (χ1) is 12.0. The van der Waals surface area contributed by atoms with Gasteiger partial charge in [0.1, 0.15) is 0 Å². The molecule has 6 nitrogen and oxygen atoms in total. The molecule has 0 spiro atoms. The van der Waals surface area contributed by atoms with E-state index in [0.717, 1.165) is 25.7 Å². The summed E-state index contributed by atoms with van der Waals surface area (Å²) in [7, 11) is 0. The summed E-state index contributed by atoms with van der Waals surface area (Å²) in [5, 5.41) is 18.6. The fraction of sp³-hybridized carbons (Fsp3) is 1.00. The third kappa shape index (κ3) is 7.12. The molecule has 25 heavy (non-hydrogen) atoms. The van der Waals surface area contributed by atoms with E-state index in [9.17, 15) is 10.2 Å². The predicted octanol–water partition coefficient (Wildman–Crippen LogP) is 2.46. The first kappa shape index (κ1) is 21.1. The van der Waals surface area contributed by atoms with Crippen molar-refractivity contribution in [3.05, 3.63) is 0 Å². The summed E-state index contributed by atoms with van der Waals surface area (Å²) in [6.45, 7) is 6.47. The van der Waals surface area contributed by atoms with E-state index >= 15 is 0 Å². The van der Waals surface area contributed by atoms with Crippen LogP contribution in [-0.2, 0) is 18.9 Å². The highest BCUT2D eigenvalue weighted by Gasteiger charge is 2.32. The lowest BCUT2D eigenvalue weighted by atomic mass is 9.93. The van der Waals surface area contributed by atoms with Crippen LogP contribution in [0.3, 0.4) is 0 Å². The molecule has 6 heteroatoms. The average Bonchev–Trinajstić information content (AvgIpc) is 2.64. The van der Waals surface area contributed by atoms with E-state index in [1.807, 2.05) is 13.8 Å². The second-order valence-corrected chi connectivity index (χ2v) is 8.39. The van der Waals surface area contributed by atoms with Crippen molar-refractivity contribution in [2.45, 2.75) is 71.4 Å². The van der Waals surface area contributed by atoms with Crippen molar-refractivity contribution >= 4 is 0 Å². The molecule has 2 rings (SSSR count). The van der Waals surface area contributed by atoms with Gasteiger partial charge in [-0.15, -0.1) is 0 Å². The Kier molecular flexibility index (Phi) is 8.58. The Bertz CT molecular complexity index is 325. The van der Waals surface area contributed by atoms with Crippen LogP contribution in [0, 0.1) is 10.8 Å². The Morgan fingerprint density at radius 3 is 1.28 bits per heavy atom. The Morgan fingerprint density at radius 2 is 0.960 bits per heavy atom. The molecule has 0 radical (unpaired) electrons. The zero-order valence-electron chi connectivity index (χ0n) is 15.9. The van der Waals surface area contributed by atoms with Crippen LogP contribution in [0.25, 0.3) is 0 Å². The van der Waals surface area contributed by atoms with E-state index in [1.54, 1.807) is 0 Å². The van der Waals surface area contributed by atoms with Gasteiger partial charge in [-0.2, -0.15) is 0 Å². The summed E-state index contributed by atoms with van der Waals surface area (Å²) in [5.74, 6) is 0. The molecular formula is C19H36O6. The molecule has 2 fully saturated rings. The lowest BCUT2D eigenvalue weighted by molar-refractivity contribution is -0.234. The van der Waals surface area contributed by atoms with E-state index < -0.39 is 0 Å². The predicted molar refractivity (Wildman–Crippen MR) is 94.1 cm³/mol. The minimum atomic E-state index is -0.242. The van der Waals surface area contributed by atoms with Gasteiger partial charge in [-0.05, 0) is 25.7 Å². The minimum absolute atomic E-state index is 0.105. The number of rotatable bonds is 10. The topological polar surface area (TPSA) is 77.4 Å². The maximum atomic E-state index is 9.28. The van der Waals surface area contributed by atoms with Gasteiger partial charge in [0.25, 0.3) is 0 Å². The molecular weight excluding hydrogens is 324 g/mol. The van der Waals surface area contributed by atoms with E-state index in [0.29, 0.717) is 26.4 Å². The lowest BCUT2D eigenvalue weighted by Crippen LogP contribution is -2.42. The molecule has 148 valence electrons. The van der Waals surface area contributed by atoms with Crippen molar-refractivity contribution in [2.75, 3.05) is 39.6 Å². The number of ether oxygens (including phenoxy) is 4. The molecule has 0 aromatic rings. The van der Waals surface area contributed by atoms with Crippen molar-refractivity contribution in [1.82, 2.24) is 0 Å². The van der Waals surface area contributed by atoms with Gasteiger partial charge in [0.2, 0.25) is 0 Å². The Labute approximate surface area is 151 Å². The molecule has 0 atom stereocenters. The van der Waals surface area contributed by atoms with Crippen LogP contribution in [0.15, 0.2) is 0 Å². The standard InChI is InChI=1S/C19H36O6/c1-18(10-20)12-22-16(23-13-18)8-6-4-3-5-7-9-17-24-14-19(2,11-21)15-25-17/h16-17,20-21H,3-15H2,1-2H3. The largest absolute Gasteiger partial charge is 0.396 e. The van der Waals surface area contributed by atoms with Crippen LogP contribution in [0.1, 0.15) is 58.8 Å². The molecule has 0 amide bonds. The fourth-order valence-electron chi connectivity index (χ4n) is 3.02. The number of unbranched alkanes of at least 4 members (excludes halogenated alkanes) is 4. The Morgan fingerprint density at radius 1 is 0.640 bits per heavy atom. The summed E-state index contributed by atoms with van der Waals surface area (Å²) in [6, 6.07) is 0. The molecule has 0 bridgehead atoms. The van der Waals surface area contributed by atoms with Crippen molar-refractivity contribution < 1.29 is 29.2 Å². The highest BCUT2D eigenvalue weighted by molar-refractivity contribution is 4.76. The first-order valence-corrected chi connectivity index (χ1v) is 9.67. The Balaban J connectivity index is 1.42. The van der Waals surface area contributed by atoms with Crippen molar-refractivity contribution in [3.8, 4) is 0 Å². The van der Waals surface area contributed by atoms with Gasteiger partial charge in [0.05, 0.1) is 39.6 Å². The molecule has 0 saturated carbocycles. The maximum Gasteiger partial charge on any atom is 0.157 e. The monoisotopic (exact) mass is 360 g/mol. The first-order valence-electron chi connectivity index (χ1n) is 9.67. The summed E-state index contributed by atoms with van der Waals surface area (Å²) in [6.07, 6.45) is 7.39. The average molecular weight is 360 g/mol. The molecule has 0 aromatic heterocycles. The zero-order valence-corrected chi connectivity index (χ0v) is 15.9. The van der Waals surface area contributed by atoms with Gasteiger partial charge in [-0.3, -0.25) is 0 Å². The number of hydrogen-bond donors (Lipinski definition) is 2. The highest BCUT2D eigenvalue weighted by Crippen LogP contribution is 2.27. The van der Waals surface area contributed by atoms with Gasteiger partial charge in [0, 0.05) is 10.8 Å². The van der Waals surface area contributed by atoms with Crippen molar-refractivity contribution in [1.29, 1.82) is 0 Å². The SMILES string of the molecule is CC1(CO)COC(CCCCCCCC2OCC(C)(CO)CO2)OC1. The maximum absolute atomic E-state index is 9.28. The van der Waals surface area contributed by atoms with E-state index in [1.165, 1.54) is 19.3 Å². The lowest BCUT2D eigenvalue weighted by Gasteiger charge is -2.36. The van der Waals surface area contributed by atoms with Gasteiger partial charge >= 0.3 is 0 Å². The normalized spacial score (nSPS) is 36.5. The van der Waals surface area contributed by atoms with Gasteiger partial charge in [-0.25, -0.2) is 0 Å². The van der Waals surface area contributed by atoms with Crippen LogP contribution in [0.2, 0.25) is 0 Å². The molecule has 2 heterocycles. The van der Waals surface area contributed by atoms with Crippen LogP contribution < -0.4 is 0 Å². The summed E-state index contributed by atoms with van der Waals surface area (Å²) in [5.41, 5.74) is -0.483. The highest BCUT2D eigenvalue weighted by atomic mass is 16.7.